The summed E-state index contributed by atoms with van der Waals surface area (Å²) < 4.78 is 0. The molecule has 4 heteroatoms. The van der Waals surface area contributed by atoms with E-state index in [1.165, 1.54) is 0 Å². The molecule has 0 N–H and O–H groups in total. The largest absolute Gasteiger partial charge is 0.293 e. The van der Waals surface area contributed by atoms with Crippen molar-refractivity contribution in [2.24, 2.45) is 0 Å². The Morgan fingerprint density at radius 3 is 2.55 bits per heavy atom. The summed E-state index contributed by atoms with van der Waals surface area (Å²) in [6.45, 7) is 3.33. The molecule has 1 aromatic heterocycles. The molecule has 11 heavy (non-hydrogen) atoms. The number of aromatic nitrogens is 1. The lowest BCUT2D eigenvalue weighted by molar-refractivity contribution is -0.386. The van der Waals surface area contributed by atoms with Crippen molar-refractivity contribution in [1.29, 1.82) is 0 Å². The van der Waals surface area contributed by atoms with Crippen molar-refractivity contribution in [3.05, 3.63) is 33.6 Å². The van der Waals surface area contributed by atoms with Gasteiger partial charge in [0.25, 0.3) is 5.69 Å². The first-order chi connectivity index (χ1) is 5.13. The van der Waals surface area contributed by atoms with Gasteiger partial charge in [-0.2, -0.15) is 0 Å². The molecular formula is C7H8N2O2. The maximum atomic E-state index is 10.4. The molecule has 0 aliphatic heterocycles. The summed E-state index contributed by atoms with van der Waals surface area (Å²) in [6, 6.07) is 1.63. The van der Waals surface area contributed by atoms with Crippen LogP contribution in [0.4, 0.5) is 5.69 Å². The van der Waals surface area contributed by atoms with E-state index in [-0.39, 0.29) is 5.69 Å². The summed E-state index contributed by atoms with van der Waals surface area (Å²) in [5.74, 6) is 0. The van der Waals surface area contributed by atoms with Crippen molar-refractivity contribution in [3.63, 3.8) is 0 Å². The van der Waals surface area contributed by atoms with Gasteiger partial charge in [0, 0.05) is 11.8 Å². The van der Waals surface area contributed by atoms with Gasteiger partial charge in [-0.1, -0.05) is 0 Å². The Bertz CT molecular complexity index is 276. The van der Waals surface area contributed by atoms with Gasteiger partial charge in [-0.25, -0.2) is 0 Å². The second kappa shape index (κ2) is 2.65. The molecule has 4 nitrogen and oxygen atoms in total. The standard InChI is InChI=1S/C7H8N2O2/c1-5-3-4-8-6(2)7(5)9(10)11/h3-4H,1-2H3. The second-order valence-electron chi connectivity index (χ2n) is 2.32. The predicted molar refractivity (Wildman–Crippen MR) is 40.4 cm³/mol. The summed E-state index contributed by atoms with van der Waals surface area (Å²) >= 11 is 0. The molecule has 0 bridgehead atoms. The summed E-state index contributed by atoms with van der Waals surface area (Å²) in [5.41, 5.74) is 1.24. The van der Waals surface area contributed by atoms with Gasteiger partial charge < -0.3 is 0 Å². The lowest BCUT2D eigenvalue weighted by atomic mass is 10.2. The fourth-order valence-electron chi connectivity index (χ4n) is 0.962. The summed E-state index contributed by atoms with van der Waals surface area (Å²) in [5, 5.41) is 10.4. The number of nitrogens with zero attached hydrogens (tertiary/aromatic N) is 2. The van der Waals surface area contributed by atoms with Crippen LogP contribution in [0.25, 0.3) is 0 Å². The van der Waals surface area contributed by atoms with Crippen LogP contribution < -0.4 is 0 Å². The fourth-order valence-corrected chi connectivity index (χ4v) is 0.962. The minimum Gasteiger partial charge on any atom is -0.258 e. The smallest absolute Gasteiger partial charge is 0.258 e. The highest BCUT2D eigenvalue weighted by Gasteiger charge is 2.13. The first-order valence-electron chi connectivity index (χ1n) is 3.19. The molecule has 0 amide bonds. The average molecular weight is 152 g/mol. The van der Waals surface area contributed by atoms with Gasteiger partial charge in [-0.05, 0) is 19.9 Å². The van der Waals surface area contributed by atoms with Gasteiger partial charge in [0.1, 0.15) is 5.69 Å². The number of pyridine rings is 1. The van der Waals surface area contributed by atoms with Crippen LogP contribution in [-0.4, -0.2) is 9.91 Å². The van der Waals surface area contributed by atoms with Crippen LogP contribution in [0, 0.1) is 24.0 Å². The molecule has 0 saturated carbocycles. The highest BCUT2D eigenvalue weighted by atomic mass is 16.6. The molecule has 58 valence electrons. The normalized spacial score (nSPS) is 9.64. The molecule has 1 rings (SSSR count). The first kappa shape index (κ1) is 7.65. The third-order valence-corrected chi connectivity index (χ3v) is 1.49. The van der Waals surface area contributed by atoms with E-state index >= 15 is 0 Å². The first-order valence-corrected chi connectivity index (χ1v) is 3.19. The van der Waals surface area contributed by atoms with Crippen LogP contribution >= 0.6 is 0 Å². The van der Waals surface area contributed by atoms with Crippen molar-refractivity contribution in [1.82, 2.24) is 4.98 Å². The van der Waals surface area contributed by atoms with Crippen molar-refractivity contribution in [3.8, 4) is 0 Å². The third kappa shape index (κ3) is 1.34. The SMILES string of the molecule is Cc1ccnc(C)c1[N+](=O)[O-]. The summed E-state index contributed by atoms with van der Waals surface area (Å²) in [7, 11) is 0. The van der Waals surface area contributed by atoms with E-state index in [1.54, 1.807) is 26.1 Å². The van der Waals surface area contributed by atoms with Crippen LogP contribution in [0.5, 0.6) is 0 Å². The number of aryl methyl sites for hydroxylation is 2. The average Bonchev–Trinajstić information content (AvgIpc) is 1.85. The monoisotopic (exact) mass is 152 g/mol. The summed E-state index contributed by atoms with van der Waals surface area (Å²) in [4.78, 5) is 13.8. The second-order valence-corrected chi connectivity index (χ2v) is 2.32. The minimum absolute atomic E-state index is 0.118. The van der Waals surface area contributed by atoms with E-state index in [4.69, 9.17) is 0 Å². The lowest BCUT2D eigenvalue weighted by Gasteiger charge is -1.97. The van der Waals surface area contributed by atoms with Crippen molar-refractivity contribution in [2.45, 2.75) is 13.8 Å². The molecule has 0 aliphatic rings. The zero-order valence-corrected chi connectivity index (χ0v) is 6.37. The molecule has 1 aromatic rings. The Kier molecular flexibility index (Phi) is 1.85. The van der Waals surface area contributed by atoms with Gasteiger partial charge in [0.2, 0.25) is 0 Å². The molecule has 0 unspecified atom stereocenters. The molecule has 0 saturated heterocycles. The predicted octanol–water partition coefficient (Wildman–Crippen LogP) is 1.61. The van der Waals surface area contributed by atoms with Crippen LogP contribution in [0.15, 0.2) is 12.3 Å². The van der Waals surface area contributed by atoms with Gasteiger partial charge in [-0.3, -0.25) is 15.1 Å². The Morgan fingerprint density at radius 1 is 1.55 bits per heavy atom. The quantitative estimate of drug-likeness (QED) is 0.453. The molecule has 0 fully saturated rings. The molecule has 0 aromatic carbocycles. The van der Waals surface area contributed by atoms with Gasteiger partial charge in [0.15, 0.2) is 0 Å². The van der Waals surface area contributed by atoms with Gasteiger partial charge in [0.05, 0.1) is 4.92 Å². The fraction of sp³-hybridized carbons (Fsp3) is 0.286. The van der Waals surface area contributed by atoms with Crippen LogP contribution in [0.3, 0.4) is 0 Å². The van der Waals surface area contributed by atoms with E-state index in [9.17, 15) is 10.1 Å². The highest BCUT2D eigenvalue weighted by Crippen LogP contribution is 2.18. The number of rotatable bonds is 1. The maximum absolute atomic E-state index is 10.4. The molecule has 1 heterocycles. The lowest BCUT2D eigenvalue weighted by Crippen LogP contribution is -1.96. The number of nitro groups is 1. The van der Waals surface area contributed by atoms with Crippen molar-refractivity contribution in [2.75, 3.05) is 0 Å². The molecule has 0 radical (unpaired) electrons. The molecule has 0 atom stereocenters. The zero-order valence-electron chi connectivity index (χ0n) is 6.37. The van der Waals surface area contributed by atoms with E-state index in [2.05, 4.69) is 4.98 Å². The van der Waals surface area contributed by atoms with Crippen LogP contribution in [0.1, 0.15) is 11.3 Å². The Labute approximate surface area is 64.0 Å². The molecule has 0 spiro atoms. The number of hydrogen-bond donors (Lipinski definition) is 0. The van der Waals surface area contributed by atoms with Crippen molar-refractivity contribution < 1.29 is 4.92 Å². The number of hydrogen-bond acceptors (Lipinski definition) is 3. The third-order valence-electron chi connectivity index (χ3n) is 1.49. The van der Waals surface area contributed by atoms with Gasteiger partial charge >= 0.3 is 0 Å². The zero-order chi connectivity index (χ0) is 8.43. The maximum Gasteiger partial charge on any atom is 0.293 e. The summed E-state index contributed by atoms with van der Waals surface area (Å²) in [6.07, 6.45) is 1.57. The Hall–Kier alpha value is -1.45. The Morgan fingerprint density at radius 2 is 2.18 bits per heavy atom. The van der Waals surface area contributed by atoms with E-state index < -0.39 is 4.92 Å². The van der Waals surface area contributed by atoms with E-state index in [0.717, 1.165) is 0 Å². The van der Waals surface area contributed by atoms with E-state index in [1.807, 2.05) is 0 Å². The topological polar surface area (TPSA) is 56.0 Å². The van der Waals surface area contributed by atoms with Gasteiger partial charge in [-0.15, -0.1) is 0 Å². The van der Waals surface area contributed by atoms with Crippen LogP contribution in [0.2, 0.25) is 0 Å². The van der Waals surface area contributed by atoms with Crippen molar-refractivity contribution >= 4 is 5.69 Å². The highest BCUT2D eigenvalue weighted by molar-refractivity contribution is 5.41. The van der Waals surface area contributed by atoms with E-state index in [0.29, 0.717) is 11.3 Å². The molecular weight excluding hydrogens is 144 g/mol. The van der Waals surface area contributed by atoms with Crippen LogP contribution in [-0.2, 0) is 0 Å². The minimum atomic E-state index is -0.405. The molecule has 0 aliphatic carbocycles. The Balaban J connectivity index is 3.32.